The summed E-state index contributed by atoms with van der Waals surface area (Å²) in [7, 11) is 0. The SMILES string of the molecule is ClC1N=CC=C(Br)N1c1ccccc1. The van der Waals surface area contributed by atoms with Crippen molar-refractivity contribution >= 4 is 39.4 Å². The van der Waals surface area contributed by atoms with Crippen molar-refractivity contribution in [2.75, 3.05) is 4.90 Å². The number of alkyl halides is 1. The Morgan fingerprint density at radius 3 is 2.64 bits per heavy atom. The van der Waals surface area contributed by atoms with E-state index in [0.717, 1.165) is 10.3 Å². The number of rotatable bonds is 1. The highest BCUT2D eigenvalue weighted by atomic mass is 79.9. The lowest BCUT2D eigenvalue weighted by Crippen LogP contribution is -2.29. The summed E-state index contributed by atoms with van der Waals surface area (Å²) < 4.78 is 0.915. The van der Waals surface area contributed by atoms with Gasteiger partial charge in [0.05, 0.1) is 4.61 Å². The number of hydrogen-bond acceptors (Lipinski definition) is 2. The van der Waals surface area contributed by atoms with E-state index in [9.17, 15) is 0 Å². The van der Waals surface area contributed by atoms with Gasteiger partial charge in [0, 0.05) is 11.9 Å². The van der Waals surface area contributed by atoms with E-state index in [-0.39, 0.29) is 5.62 Å². The summed E-state index contributed by atoms with van der Waals surface area (Å²) in [6.07, 6.45) is 3.56. The van der Waals surface area contributed by atoms with Crippen LogP contribution in [0.3, 0.4) is 0 Å². The third kappa shape index (κ3) is 1.83. The van der Waals surface area contributed by atoms with Crippen LogP contribution in [0.25, 0.3) is 0 Å². The minimum atomic E-state index is -0.378. The Kier molecular flexibility index (Phi) is 2.89. The molecule has 0 saturated carbocycles. The van der Waals surface area contributed by atoms with Crippen molar-refractivity contribution < 1.29 is 0 Å². The van der Waals surface area contributed by atoms with Gasteiger partial charge in [-0.1, -0.05) is 29.8 Å². The first-order valence-corrected chi connectivity index (χ1v) is 5.39. The summed E-state index contributed by atoms with van der Waals surface area (Å²) in [5, 5.41) is 0. The van der Waals surface area contributed by atoms with Gasteiger partial charge in [0.15, 0.2) is 0 Å². The van der Waals surface area contributed by atoms with Gasteiger partial charge in [0.2, 0.25) is 5.62 Å². The molecule has 0 amide bonds. The lowest BCUT2D eigenvalue weighted by atomic mass is 10.3. The van der Waals surface area contributed by atoms with Crippen molar-refractivity contribution in [1.29, 1.82) is 0 Å². The first-order chi connectivity index (χ1) is 6.79. The first-order valence-electron chi connectivity index (χ1n) is 4.16. The van der Waals surface area contributed by atoms with Crippen LogP contribution in [0.4, 0.5) is 5.69 Å². The van der Waals surface area contributed by atoms with E-state index in [1.54, 1.807) is 6.21 Å². The van der Waals surface area contributed by atoms with E-state index >= 15 is 0 Å². The van der Waals surface area contributed by atoms with E-state index in [2.05, 4.69) is 20.9 Å². The number of benzene rings is 1. The molecule has 1 aromatic carbocycles. The Balaban J connectivity index is 2.35. The maximum Gasteiger partial charge on any atom is 0.202 e. The molecule has 4 heteroatoms. The molecule has 14 heavy (non-hydrogen) atoms. The average molecular weight is 272 g/mol. The quantitative estimate of drug-likeness (QED) is 0.565. The molecule has 0 aromatic heterocycles. The number of aliphatic imine (C=N–C) groups is 1. The average Bonchev–Trinajstić information content (AvgIpc) is 2.19. The van der Waals surface area contributed by atoms with E-state index in [1.807, 2.05) is 41.3 Å². The maximum absolute atomic E-state index is 6.07. The molecule has 0 N–H and O–H groups in total. The molecule has 1 aliphatic rings. The monoisotopic (exact) mass is 270 g/mol. The van der Waals surface area contributed by atoms with Gasteiger partial charge in [-0.2, -0.15) is 0 Å². The number of anilines is 1. The zero-order valence-corrected chi connectivity index (χ0v) is 9.61. The lowest BCUT2D eigenvalue weighted by molar-refractivity contribution is 0.887. The van der Waals surface area contributed by atoms with Crippen LogP contribution >= 0.6 is 27.5 Å². The van der Waals surface area contributed by atoms with Crippen molar-refractivity contribution in [2.45, 2.75) is 5.62 Å². The summed E-state index contributed by atoms with van der Waals surface area (Å²) in [6.45, 7) is 0. The predicted octanol–water partition coefficient (Wildman–Crippen LogP) is 3.34. The second-order valence-corrected chi connectivity index (χ2v) is 4.01. The smallest absolute Gasteiger partial charge is 0.202 e. The van der Waals surface area contributed by atoms with Crippen molar-refractivity contribution in [1.82, 2.24) is 0 Å². The van der Waals surface area contributed by atoms with Gasteiger partial charge in [-0.15, -0.1) is 0 Å². The van der Waals surface area contributed by atoms with E-state index in [4.69, 9.17) is 11.6 Å². The summed E-state index contributed by atoms with van der Waals surface area (Å²) in [4.78, 5) is 6.00. The van der Waals surface area contributed by atoms with E-state index < -0.39 is 0 Å². The molecule has 72 valence electrons. The second-order valence-electron chi connectivity index (χ2n) is 2.80. The van der Waals surface area contributed by atoms with Crippen molar-refractivity contribution in [3.05, 3.63) is 41.0 Å². The number of nitrogens with zero attached hydrogens (tertiary/aromatic N) is 2. The van der Waals surface area contributed by atoms with Gasteiger partial charge in [0.25, 0.3) is 0 Å². The molecule has 0 radical (unpaired) electrons. The molecule has 0 saturated heterocycles. The Labute approximate surface area is 96.0 Å². The third-order valence-corrected chi connectivity index (χ3v) is 2.85. The Morgan fingerprint density at radius 1 is 1.29 bits per heavy atom. The van der Waals surface area contributed by atoms with Crippen LogP contribution in [0, 0.1) is 0 Å². The van der Waals surface area contributed by atoms with Gasteiger partial charge in [-0.25, -0.2) is 0 Å². The summed E-state index contributed by atoms with van der Waals surface area (Å²) >= 11 is 9.51. The molecule has 1 aliphatic heterocycles. The first kappa shape index (κ1) is 9.74. The van der Waals surface area contributed by atoms with E-state index in [0.29, 0.717) is 0 Å². The highest BCUT2D eigenvalue weighted by Gasteiger charge is 2.19. The van der Waals surface area contributed by atoms with Gasteiger partial charge in [-0.05, 0) is 34.1 Å². The molecule has 1 heterocycles. The summed E-state index contributed by atoms with van der Waals surface area (Å²) in [5.41, 5.74) is 0.643. The Hall–Kier alpha value is -0.800. The predicted molar refractivity (Wildman–Crippen MR) is 64.1 cm³/mol. The molecule has 0 aliphatic carbocycles. The number of halogens is 2. The number of para-hydroxylation sites is 1. The number of allylic oxidation sites excluding steroid dienone is 1. The Bertz CT molecular complexity index is 375. The van der Waals surface area contributed by atoms with Crippen LogP contribution in [0.2, 0.25) is 0 Å². The highest BCUT2D eigenvalue weighted by molar-refractivity contribution is 9.11. The van der Waals surface area contributed by atoms with Crippen molar-refractivity contribution in [3.8, 4) is 0 Å². The zero-order valence-electron chi connectivity index (χ0n) is 7.27. The second kappa shape index (κ2) is 4.15. The van der Waals surface area contributed by atoms with Gasteiger partial charge < -0.3 is 0 Å². The maximum atomic E-state index is 6.07. The van der Waals surface area contributed by atoms with Crippen LogP contribution in [0.15, 0.2) is 46.0 Å². The van der Waals surface area contributed by atoms with Gasteiger partial charge >= 0.3 is 0 Å². The molecular formula is C10H8BrClN2. The van der Waals surface area contributed by atoms with Crippen LogP contribution in [0.1, 0.15) is 0 Å². The number of hydrogen-bond donors (Lipinski definition) is 0. The summed E-state index contributed by atoms with van der Waals surface area (Å²) in [6, 6.07) is 9.89. The van der Waals surface area contributed by atoms with Crippen LogP contribution in [0.5, 0.6) is 0 Å². The molecule has 0 spiro atoms. The molecule has 1 aromatic rings. The fourth-order valence-corrected chi connectivity index (χ4v) is 2.18. The minimum Gasteiger partial charge on any atom is -0.300 e. The standard InChI is InChI=1S/C10H8BrClN2/c11-9-6-7-13-10(12)14(9)8-4-2-1-3-5-8/h1-7,10H. The van der Waals surface area contributed by atoms with E-state index in [1.165, 1.54) is 0 Å². The minimum absolute atomic E-state index is 0.378. The van der Waals surface area contributed by atoms with Crippen LogP contribution in [-0.4, -0.2) is 11.8 Å². The molecular weight excluding hydrogens is 263 g/mol. The molecule has 1 atom stereocenters. The van der Waals surface area contributed by atoms with Crippen LogP contribution < -0.4 is 4.90 Å². The summed E-state index contributed by atoms with van der Waals surface area (Å²) in [5.74, 6) is 0. The van der Waals surface area contributed by atoms with Crippen molar-refractivity contribution in [3.63, 3.8) is 0 Å². The molecule has 0 bridgehead atoms. The van der Waals surface area contributed by atoms with Gasteiger partial charge in [-0.3, -0.25) is 9.89 Å². The zero-order chi connectivity index (χ0) is 9.97. The molecule has 1 unspecified atom stereocenters. The van der Waals surface area contributed by atoms with Crippen LogP contribution in [-0.2, 0) is 0 Å². The largest absolute Gasteiger partial charge is 0.300 e. The van der Waals surface area contributed by atoms with Crippen molar-refractivity contribution in [2.24, 2.45) is 4.99 Å². The lowest BCUT2D eigenvalue weighted by Gasteiger charge is -2.28. The fourth-order valence-electron chi connectivity index (χ4n) is 1.26. The molecule has 2 nitrogen and oxygen atoms in total. The van der Waals surface area contributed by atoms with Gasteiger partial charge in [0.1, 0.15) is 0 Å². The topological polar surface area (TPSA) is 15.6 Å². The normalized spacial score (nSPS) is 20.9. The Morgan fingerprint density at radius 2 is 2.00 bits per heavy atom. The third-order valence-electron chi connectivity index (χ3n) is 1.90. The fraction of sp³-hybridized carbons (Fsp3) is 0.100. The highest BCUT2D eigenvalue weighted by Crippen LogP contribution is 2.28. The molecule has 0 fully saturated rings. The molecule has 2 rings (SSSR count).